The second-order valence-corrected chi connectivity index (χ2v) is 11.0. The fourth-order valence-electron chi connectivity index (χ4n) is 5.02. The molecule has 0 spiro atoms. The smallest absolute Gasteiger partial charge is 0.373 e. The van der Waals surface area contributed by atoms with Gasteiger partial charge in [-0.1, -0.05) is 5.92 Å². The highest BCUT2D eigenvalue weighted by Gasteiger charge is 2.30. The van der Waals surface area contributed by atoms with E-state index in [2.05, 4.69) is 52.1 Å². The van der Waals surface area contributed by atoms with Crippen LogP contribution in [0.25, 0.3) is 10.9 Å². The van der Waals surface area contributed by atoms with E-state index in [0.717, 1.165) is 36.6 Å². The van der Waals surface area contributed by atoms with Crippen molar-refractivity contribution in [3.8, 4) is 17.9 Å². The van der Waals surface area contributed by atoms with Gasteiger partial charge in [0.15, 0.2) is 0 Å². The number of nitriles is 1. The topological polar surface area (TPSA) is 60.1 Å². The van der Waals surface area contributed by atoms with E-state index in [1.54, 1.807) is 38.2 Å². The molecule has 1 aromatic carbocycles. The molecule has 0 amide bonds. The van der Waals surface area contributed by atoms with Crippen molar-refractivity contribution in [2.75, 3.05) is 39.0 Å². The zero-order valence-electron chi connectivity index (χ0n) is 23.2. The summed E-state index contributed by atoms with van der Waals surface area (Å²) in [6.07, 6.45) is -0.934. The zero-order chi connectivity index (χ0) is 29.1. The van der Waals surface area contributed by atoms with Crippen molar-refractivity contribution in [2.45, 2.75) is 57.4 Å². The van der Waals surface area contributed by atoms with E-state index in [-0.39, 0.29) is 17.8 Å². The fraction of sp³-hybridized carbons (Fsp3) is 0.467. The Morgan fingerprint density at radius 2 is 1.85 bits per heavy atom. The first-order chi connectivity index (χ1) is 18.9. The lowest BCUT2D eigenvalue weighted by Gasteiger charge is -2.35. The molecule has 1 N–H and O–H groups in total. The number of likely N-dealkylation sites (tertiary alicyclic amines) is 1. The van der Waals surface area contributed by atoms with Crippen LogP contribution in [0.4, 0.5) is 23.2 Å². The Morgan fingerprint density at radius 1 is 1.12 bits per heavy atom. The number of anilines is 1. The van der Waals surface area contributed by atoms with Gasteiger partial charge in [-0.25, -0.2) is 4.39 Å². The van der Waals surface area contributed by atoms with Crippen LogP contribution in [0.5, 0.6) is 0 Å². The summed E-state index contributed by atoms with van der Waals surface area (Å²) < 4.78 is 56.3. The van der Waals surface area contributed by atoms with Crippen LogP contribution >= 0.6 is 0 Å². The normalized spacial score (nSPS) is 15.2. The first-order valence-corrected chi connectivity index (χ1v) is 13.2. The van der Waals surface area contributed by atoms with Gasteiger partial charge in [0.25, 0.3) is 0 Å². The van der Waals surface area contributed by atoms with Gasteiger partial charge in [-0.3, -0.25) is 9.88 Å². The van der Waals surface area contributed by atoms with Crippen LogP contribution in [0.3, 0.4) is 0 Å². The molecule has 4 rings (SSSR count). The predicted octanol–water partition coefficient (Wildman–Crippen LogP) is 5.53. The first kappa shape index (κ1) is 29.4. The van der Waals surface area contributed by atoms with Gasteiger partial charge in [0, 0.05) is 18.0 Å². The molecule has 0 aliphatic carbocycles. The molecule has 6 nitrogen and oxygen atoms in total. The lowest BCUT2D eigenvalue weighted by Crippen LogP contribution is -2.41. The third-order valence-electron chi connectivity index (χ3n) is 7.37. The standard InChI is InChI=1S/C30H34F4N6/c1-29(2,19-35)28-8-7-23(17-37-28)36-11-5-6-25-16-26-21(18-39-12-9-24(10-13-39)38(3)4)14-22(31)15-27(26)40(25)20-30(32,33)34/h7-8,14-17,24,36H,9-13,18,20H2,1-4H3. The SMILES string of the molecule is CN(C)C1CCN(Cc2cc(F)cc3c2cc(C#CCNc2ccc(C(C)(C)C#N)nc2)n3CC(F)(F)F)CC1. The largest absolute Gasteiger partial charge is 0.406 e. The molecule has 1 aliphatic rings. The molecule has 1 aliphatic heterocycles. The first-order valence-electron chi connectivity index (χ1n) is 13.2. The number of halogens is 4. The molecule has 3 aromatic rings. The van der Waals surface area contributed by atoms with Gasteiger partial charge in [-0.15, -0.1) is 0 Å². The molecule has 40 heavy (non-hydrogen) atoms. The van der Waals surface area contributed by atoms with Crippen LogP contribution in [0.15, 0.2) is 36.5 Å². The minimum atomic E-state index is -4.49. The highest BCUT2D eigenvalue weighted by atomic mass is 19.4. The fourth-order valence-corrected chi connectivity index (χ4v) is 5.02. The van der Waals surface area contributed by atoms with Crippen LogP contribution in [0.1, 0.15) is 43.6 Å². The quantitative estimate of drug-likeness (QED) is 0.308. The number of nitrogens with one attached hydrogen (secondary N) is 1. The molecular formula is C30H34F4N6. The lowest BCUT2D eigenvalue weighted by atomic mass is 9.91. The average Bonchev–Trinajstić information content (AvgIpc) is 3.23. The molecule has 1 fully saturated rings. The monoisotopic (exact) mass is 554 g/mol. The average molecular weight is 555 g/mol. The van der Waals surface area contributed by atoms with Crippen molar-refractivity contribution in [3.05, 3.63) is 59.3 Å². The van der Waals surface area contributed by atoms with Crippen molar-refractivity contribution in [2.24, 2.45) is 0 Å². The molecule has 0 atom stereocenters. The molecule has 10 heteroatoms. The Kier molecular flexibility index (Phi) is 8.72. The van der Waals surface area contributed by atoms with Gasteiger partial charge in [0.1, 0.15) is 12.4 Å². The van der Waals surface area contributed by atoms with Gasteiger partial charge in [-0.2, -0.15) is 18.4 Å². The maximum Gasteiger partial charge on any atom is 0.406 e. The van der Waals surface area contributed by atoms with Gasteiger partial charge < -0.3 is 14.8 Å². The second-order valence-electron chi connectivity index (χ2n) is 11.0. The van der Waals surface area contributed by atoms with E-state index < -0.39 is 24.0 Å². The van der Waals surface area contributed by atoms with Crippen molar-refractivity contribution in [1.82, 2.24) is 19.4 Å². The molecule has 212 valence electrons. The van der Waals surface area contributed by atoms with Crippen molar-refractivity contribution < 1.29 is 17.6 Å². The number of hydrogen-bond acceptors (Lipinski definition) is 5. The van der Waals surface area contributed by atoms with E-state index in [1.807, 2.05) is 0 Å². The maximum atomic E-state index is 14.7. The molecule has 2 aromatic heterocycles. The number of hydrogen-bond donors (Lipinski definition) is 1. The minimum Gasteiger partial charge on any atom is -0.373 e. The Bertz CT molecular complexity index is 1430. The number of fused-ring (bicyclic) bond motifs is 1. The minimum absolute atomic E-state index is 0.165. The molecule has 0 bridgehead atoms. The van der Waals surface area contributed by atoms with E-state index in [9.17, 15) is 22.8 Å². The van der Waals surface area contributed by atoms with Crippen LogP contribution in [0.2, 0.25) is 0 Å². The summed E-state index contributed by atoms with van der Waals surface area (Å²) in [5.41, 5.74) is 1.61. The van der Waals surface area contributed by atoms with Crippen molar-refractivity contribution in [1.29, 1.82) is 5.26 Å². The summed E-state index contributed by atoms with van der Waals surface area (Å²) in [4.78, 5) is 8.74. The van der Waals surface area contributed by atoms with Crippen LogP contribution in [-0.4, -0.2) is 65.3 Å². The van der Waals surface area contributed by atoms with Crippen LogP contribution < -0.4 is 5.32 Å². The highest BCUT2D eigenvalue weighted by Crippen LogP contribution is 2.30. The Hall–Kier alpha value is -3.60. The predicted molar refractivity (Wildman–Crippen MR) is 148 cm³/mol. The number of aromatic nitrogens is 2. The second kappa shape index (κ2) is 11.9. The van der Waals surface area contributed by atoms with Gasteiger partial charge in [-0.05, 0) is 95.7 Å². The summed E-state index contributed by atoms with van der Waals surface area (Å²) in [6.45, 7) is 4.60. The van der Waals surface area contributed by atoms with Crippen molar-refractivity contribution in [3.63, 3.8) is 0 Å². The summed E-state index contributed by atoms with van der Waals surface area (Å²) in [6, 6.07) is 10.4. The van der Waals surface area contributed by atoms with Gasteiger partial charge >= 0.3 is 6.18 Å². The number of nitrogens with zero attached hydrogens (tertiary/aromatic N) is 5. The summed E-state index contributed by atoms with van der Waals surface area (Å²) >= 11 is 0. The molecule has 3 heterocycles. The van der Waals surface area contributed by atoms with E-state index >= 15 is 0 Å². The molecule has 0 unspecified atom stereocenters. The third kappa shape index (κ3) is 7.12. The lowest BCUT2D eigenvalue weighted by molar-refractivity contribution is -0.140. The van der Waals surface area contributed by atoms with Crippen LogP contribution in [-0.2, 0) is 18.5 Å². The van der Waals surface area contributed by atoms with Gasteiger partial charge in [0.05, 0.1) is 46.8 Å². The number of rotatable bonds is 7. The highest BCUT2D eigenvalue weighted by molar-refractivity contribution is 5.86. The number of alkyl halides is 3. The molecule has 1 saturated heterocycles. The van der Waals surface area contributed by atoms with E-state index in [1.165, 1.54) is 6.07 Å². The maximum absolute atomic E-state index is 14.7. The molecule has 0 saturated carbocycles. The van der Waals surface area contributed by atoms with Gasteiger partial charge in [0.2, 0.25) is 0 Å². The summed E-state index contributed by atoms with van der Waals surface area (Å²) in [7, 11) is 4.12. The van der Waals surface area contributed by atoms with Crippen LogP contribution in [0, 0.1) is 29.0 Å². The van der Waals surface area contributed by atoms with Crippen molar-refractivity contribution >= 4 is 16.6 Å². The Balaban J connectivity index is 1.56. The number of piperidine rings is 1. The van der Waals surface area contributed by atoms with E-state index in [4.69, 9.17) is 0 Å². The Morgan fingerprint density at radius 3 is 2.45 bits per heavy atom. The summed E-state index contributed by atoms with van der Waals surface area (Å²) in [5.74, 6) is 5.17. The number of benzene rings is 1. The molecule has 0 radical (unpaired) electrons. The Labute approximate surface area is 232 Å². The summed E-state index contributed by atoms with van der Waals surface area (Å²) in [5, 5.41) is 12.9. The third-order valence-corrected chi connectivity index (χ3v) is 7.37. The zero-order valence-corrected chi connectivity index (χ0v) is 23.2. The van der Waals surface area contributed by atoms with E-state index in [0.29, 0.717) is 34.9 Å². The molecular weight excluding hydrogens is 520 g/mol. The number of pyridine rings is 1.